The van der Waals surface area contributed by atoms with Crippen LogP contribution in [-0.2, 0) is 4.79 Å². The van der Waals surface area contributed by atoms with Crippen LogP contribution in [0.15, 0.2) is 5.16 Å². The second kappa shape index (κ2) is 5.38. The summed E-state index contributed by atoms with van der Waals surface area (Å²) >= 11 is 0. The van der Waals surface area contributed by atoms with Gasteiger partial charge in [-0.1, -0.05) is 12.1 Å². The van der Waals surface area contributed by atoms with Crippen LogP contribution in [0.25, 0.3) is 0 Å². The highest BCUT2D eigenvalue weighted by Gasteiger charge is 2.54. The lowest BCUT2D eigenvalue weighted by molar-refractivity contribution is -0.188. The molecule has 2 rings (SSSR count). The number of nitrogens with zero attached hydrogens (tertiary/aromatic N) is 2. The highest BCUT2D eigenvalue weighted by Crippen LogP contribution is 2.47. The van der Waals surface area contributed by atoms with Crippen LogP contribution in [-0.4, -0.2) is 41.1 Å². The van der Waals surface area contributed by atoms with E-state index < -0.39 is 17.5 Å². The van der Waals surface area contributed by atoms with E-state index in [-0.39, 0.29) is 43.6 Å². The summed E-state index contributed by atoms with van der Waals surface area (Å²) in [4.78, 5) is 14.0. The van der Waals surface area contributed by atoms with E-state index in [9.17, 15) is 18.0 Å². The third-order valence-electron chi connectivity index (χ3n) is 4.65. The maximum Gasteiger partial charge on any atom is 0.391 e. The van der Waals surface area contributed by atoms with E-state index in [1.54, 1.807) is 0 Å². The molecule has 0 aromatic carbocycles. The molecule has 0 aromatic heterocycles. The van der Waals surface area contributed by atoms with Gasteiger partial charge in [0.1, 0.15) is 5.41 Å². The molecule has 2 aliphatic rings. The summed E-state index contributed by atoms with van der Waals surface area (Å²) in [6.07, 6.45) is -3.43. The van der Waals surface area contributed by atoms with Gasteiger partial charge in [-0.3, -0.25) is 4.79 Å². The van der Waals surface area contributed by atoms with Gasteiger partial charge >= 0.3 is 6.18 Å². The lowest BCUT2D eigenvalue weighted by Crippen LogP contribution is -2.59. The van der Waals surface area contributed by atoms with E-state index >= 15 is 0 Å². The van der Waals surface area contributed by atoms with Crippen LogP contribution in [0.2, 0.25) is 0 Å². The van der Waals surface area contributed by atoms with Crippen LogP contribution < -0.4 is 5.73 Å². The van der Waals surface area contributed by atoms with Crippen molar-refractivity contribution in [1.82, 2.24) is 4.90 Å². The minimum absolute atomic E-state index is 0.0673. The Morgan fingerprint density at radius 2 is 1.86 bits per heavy atom. The zero-order valence-electron chi connectivity index (χ0n) is 11.9. The molecule has 1 saturated heterocycles. The fourth-order valence-corrected chi connectivity index (χ4v) is 3.43. The van der Waals surface area contributed by atoms with E-state index in [0.717, 1.165) is 0 Å². The number of hydrogen-bond acceptors (Lipinski definition) is 3. The number of rotatable bonds is 2. The number of halogens is 3. The van der Waals surface area contributed by atoms with Gasteiger partial charge in [-0.25, -0.2) is 0 Å². The van der Waals surface area contributed by atoms with Gasteiger partial charge in [0.15, 0.2) is 5.84 Å². The van der Waals surface area contributed by atoms with Crippen molar-refractivity contribution >= 4 is 11.7 Å². The minimum Gasteiger partial charge on any atom is -0.409 e. The third-order valence-corrected chi connectivity index (χ3v) is 4.65. The molecule has 0 aromatic rings. The van der Waals surface area contributed by atoms with Gasteiger partial charge in [0.25, 0.3) is 0 Å². The topological polar surface area (TPSA) is 78.9 Å². The molecule has 2 fully saturated rings. The summed E-state index contributed by atoms with van der Waals surface area (Å²) in [6.45, 7) is 2.09. The molecule has 3 N–H and O–H groups in total. The molecule has 1 heterocycles. The van der Waals surface area contributed by atoms with Crippen molar-refractivity contribution < 1.29 is 23.2 Å². The van der Waals surface area contributed by atoms with Gasteiger partial charge in [-0.2, -0.15) is 13.2 Å². The van der Waals surface area contributed by atoms with Crippen LogP contribution in [0, 0.1) is 17.3 Å². The first-order valence-corrected chi connectivity index (χ1v) is 7.05. The van der Waals surface area contributed by atoms with Crippen LogP contribution in [0.1, 0.15) is 32.6 Å². The monoisotopic (exact) mass is 307 g/mol. The smallest absolute Gasteiger partial charge is 0.391 e. The first-order chi connectivity index (χ1) is 9.70. The van der Waals surface area contributed by atoms with Crippen LogP contribution >= 0.6 is 0 Å². The van der Waals surface area contributed by atoms with E-state index in [2.05, 4.69) is 5.16 Å². The summed E-state index contributed by atoms with van der Waals surface area (Å²) in [5.41, 5.74) is 4.62. The van der Waals surface area contributed by atoms with Crippen molar-refractivity contribution in [2.75, 3.05) is 13.1 Å². The van der Waals surface area contributed by atoms with Gasteiger partial charge in [0.2, 0.25) is 5.91 Å². The molecule has 0 spiro atoms. The van der Waals surface area contributed by atoms with Crippen molar-refractivity contribution in [1.29, 1.82) is 0 Å². The van der Waals surface area contributed by atoms with Crippen LogP contribution in [0.5, 0.6) is 0 Å². The van der Waals surface area contributed by atoms with E-state index in [1.807, 2.05) is 6.92 Å². The lowest BCUT2D eigenvalue weighted by atomic mass is 9.61. The summed E-state index contributed by atoms with van der Waals surface area (Å²) in [6, 6.07) is 0. The normalized spacial score (nSPS) is 31.9. The Morgan fingerprint density at radius 1 is 1.33 bits per heavy atom. The molecule has 1 aliphatic heterocycles. The second-order valence-corrected chi connectivity index (χ2v) is 6.19. The van der Waals surface area contributed by atoms with E-state index in [4.69, 9.17) is 10.9 Å². The van der Waals surface area contributed by atoms with Crippen molar-refractivity contribution in [3.63, 3.8) is 0 Å². The minimum atomic E-state index is -4.20. The van der Waals surface area contributed by atoms with Crippen LogP contribution in [0.3, 0.4) is 0 Å². The Kier molecular flexibility index (Phi) is 4.08. The summed E-state index contributed by atoms with van der Waals surface area (Å²) in [5.74, 6) is -1.51. The largest absolute Gasteiger partial charge is 0.409 e. The average Bonchev–Trinajstić information content (AvgIpc) is 2.41. The zero-order valence-corrected chi connectivity index (χ0v) is 11.9. The maximum absolute atomic E-state index is 12.6. The van der Waals surface area contributed by atoms with Crippen molar-refractivity contribution in [3.8, 4) is 0 Å². The zero-order chi connectivity index (χ0) is 15.8. The number of nitrogens with two attached hydrogens (primary N) is 1. The molecule has 0 radical (unpaired) electrons. The van der Waals surface area contributed by atoms with Gasteiger partial charge < -0.3 is 15.8 Å². The Hall–Kier alpha value is -1.47. The summed E-state index contributed by atoms with van der Waals surface area (Å²) in [5, 5.41) is 11.8. The van der Waals surface area contributed by atoms with Gasteiger partial charge in [0.05, 0.1) is 5.92 Å². The molecular weight excluding hydrogens is 287 g/mol. The molecule has 1 amide bonds. The molecular formula is C13H20F3N3O2. The number of carbonyl (C=O) groups excluding carboxylic acids is 1. The third kappa shape index (κ3) is 2.80. The Labute approximate surface area is 121 Å². The summed E-state index contributed by atoms with van der Waals surface area (Å²) < 4.78 is 37.9. The molecule has 1 saturated carbocycles. The number of hydrogen-bond donors (Lipinski definition) is 2. The number of carbonyl (C=O) groups is 1. The molecule has 5 nitrogen and oxygen atoms in total. The van der Waals surface area contributed by atoms with E-state index in [1.165, 1.54) is 4.90 Å². The number of oxime groups is 1. The predicted octanol–water partition coefficient (Wildman–Crippen LogP) is 1.95. The van der Waals surface area contributed by atoms with Gasteiger partial charge in [-0.15, -0.1) is 0 Å². The molecule has 120 valence electrons. The SMILES string of the molecule is CC1CC(C(=O)N2CCC(C(F)(F)F)CC2)(C(N)=NO)C1. The number of alkyl halides is 3. The Bertz CT molecular complexity index is 436. The molecule has 21 heavy (non-hydrogen) atoms. The first-order valence-electron chi connectivity index (χ1n) is 7.05. The molecule has 1 aliphatic carbocycles. The molecule has 8 heteroatoms. The van der Waals surface area contributed by atoms with Crippen molar-refractivity contribution in [3.05, 3.63) is 0 Å². The number of likely N-dealkylation sites (tertiary alicyclic amines) is 1. The average molecular weight is 307 g/mol. The standard InChI is InChI=1S/C13H20F3N3O2/c1-8-6-12(7-8,10(17)18-21)11(20)19-4-2-9(3-5-19)13(14,15)16/h8-9,21H,2-7H2,1H3,(H2,17,18). The fraction of sp³-hybridized carbons (Fsp3) is 0.846. The van der Waals surface area contributed by atoms with Gasteiger partial charge in [-0.05, 0) is 31.6 Å². The summed E-state index contributed by atoms with van der Waals surface area (Å²) in [7, 11) is 0. The Morgan fingerprint density at radius 3 is 2.24 bits per heavy atom. The highest BCUT2D eigenvalue weighted by atomic mass is 19.4. The molecule has 0 atom stereocenters. The number of piperidine rings is 1. The quantitative estimate of drug-likeness (QED) is 0.354. The molecule has 0 bridgehead atoms. The van der Waals surface area contributed by atoms with Crippen molar-refractivity contribution in [2.45, 2.75) is 38.8 Å². The lowest BCUT2D eigenvalue weighted by Gasteiger charge is -2.47. The predicted molar refractivity (Wildman–Crippen MR) is 69.6 cm³/mol. The second-order valence-electron chi connectivity index (χ2n) is 6.19. The maximum atomic E-state index is 12.6. The van der Waals surface area contributed by atoms with E-state index in [0.29, 0.717) is 12.8 Å². The Balaban J connectivity index is 2.04. The number of amidine groups is 1. The molecule has 0 unspecified atom stereocenters. The highest BCUT2D eigenvalue weighted by molar-refractivity contribution is 6.07. The first kappa shape index (κ1) is 15.9. The number of amides is 1. The van der Waals surface area contributed by atoms with Crippen LogP contribution in [0.4, 0.5) is 13.2 Å². The van der Waals surface area contributed by atoms with Crippen molar-refractivity contribution in [2.24, 2.45) is 28.1 Å². The van der Waals surface area contributed by atoms with Gasteiger partial charge in [0, 0.05) is 13.1 Å². The fourth-order valence-electron chi connectivity index (χ4n) is 3.43.